The third-order valence-corrected chi connectivity index (χ3v) is 18.6. The van der Waals surface area contributed by atoms with Gasteiger partial charge in [-0.3, -0.25) is 0 Å². The van der Waals surface area contributed by atoms with Crippen molar-refractivity contribution in [1.82, 2.24) is 0 Å². The summed E-state index contributed by atoms with van der Waals surface area (Å²) in [5.41, 5.74) is 2.39. The summed E-state index contributed by atoms with van der Waals surface area (Å²) < 4.78 is 0. The van der Waals surface area contributed by atoms with Crippen LogP contribution in [0.5, 0.6) is 0 Å². The summed E-state index contributed by atoms with van der Waals surface area (Å²) in [6.45, 7) is 14.2. The summed E-state index contributed by atoms with van der Waals surface area (Å²) >= 11 is 0. The van der Waals surface area contributed by atoms with E-state index in [4.69, 9.17) is 0 Å². The van der Waals surface area contributed by atoms with E-state index in [0.717, 1.165) is 0 Å². The van der Waals surface area contributed by atoms with E-state index in [0.29, 0.717) is 0 Å². The number of benzene rings is 2. The molecule has 2 heteroatoms. The monoisotopic (exact) mass is 394 g/mol. The van der Waals surface area contributed by atoms with Crippen LogP contribution in [-0.2, 0) is 0 Å². The predicted octanol–water partition coefficient (Wildman–Crippen LogP) is 6.60. The zero-order valence-corrected chi connectivity index (χ0v) is 20.4. The minimum absolute atomic E-state index is 1.20. The summed E-state index contributed by atoms with van der Waals surface area (Å²) in [5, 5.41) is 3.22. The molecule has 0 bridgehead atoms. The second-order valence-corrected chi connectivity index (χ2v) is 18.5. The van der Waals surface area contributed by atoms with Gasteiger partial charge in [0.15, 0.2) is 0 Å². The molecule has 0 nitrogen and oxygen atoms in total. The van der Waals surface area contributed by atoms with Crippen LogP contribution in [0.4, 0.5) is 0 Å². The molecule has 2 aromatic carbocycles. The van der Waals surface area contributed by atoms with Crippen LogP contribution in [0.1, 0.15) is 52.7 Å². The molecule has 0 aromatic heterocycles. The SMILES string of the molecule is CC[Si](CC)(CC)c1ccc([C]c2ccc([Si](CC)(CC)CC)cc2)cc1. The Hall–Kier alpha value is -1.13. The summed E-state index contributed by atoms with van der Waals surface area (Å²) in [4.78, 5) is 0. The van der Waals surface area contributed by atoms with Crippen LogP contribution in [-0.4, -0.2) is 16.1 Å². The molecule has 0 amide bonds. The molecule has 2 aromatic rings. The van der Waals surface area contributed by atoms with Gasteiger partial charge >= 0.3 is 0 Å². The van der Waals surface area contributed by atoms with Gasteiger partial charge in [-0.25, -0.2) is 0 Å². The third-order valence-electron chi connectivity index (χ3n) is 7.34. The summed E-state index contributed by atoms with van der Waals surface area (Å²) in [6, 6.07) is 26.6. The molecule has 0 heterocycles. The number of hydrogen-bond donors (Lipinski definition) is 0. The molecule has 0 saturated heterocycles. The van der Waals surface area contributed by atoms with E-state index in [9.17, 15) is 0 Å². The van der Waals surface area contributed by atoms with Gasteiger partial charge in [-0.2, -0.15) is 0 Å². The Labute approximate surface area is 170 Å². The third kappa shape index (κ3) is 4.66. The minimum Gasteiger partial charge on any atom is -0.0675 e. The van der Waals surface area contributed by atoms with E-state index in [1.165, 1.54) is 47.4 Å². The zero-order chi connectivity index (χ0) is 19.9. The van der Waals surface area contributed by atoms with Crippen molar-refractivity contribution in [3.8, 4) is 0 Å². The fourth-order valence-electron chi connectivity index (χ4n) is 4.71. The van der Waals surface area contributed by atoms with Gasteiger partial charge in [0.1, 0.15) is 0 Å². The molecule has 27 heavy (non-hydrogen) atoms. The Morgan fingerprint density at radius 2 is 0.741 bits per heavy atom. The van der Waals surface area contributed by atoms with Crippen molar-refractivity contribution in [3.05, 3.63) is 66.1 Å². The standard InChI is InChI=1S/C25H38Si2/c1-7-26(8-2,9-3)24-17-13-22(14-18-24)21-23-15-19-25(20-16-23)27(10-4,11-5)12-6/h13-20H,7-12H2,1-6H3. The number of rotatable bonds is 10. The summed E-state index contributed by atoms with van der Waals surface area (Å²) in [7, 11) is -2.55. The molecule has 0 aliphatic carbocycles. The van der Waals surface area contributed by atoms with Crippen molar-refractivity contribution < 1.29 is 0 Å². The first-order valence-electron chi connectivity index (χ1n) is 11.0. The second kappa shape index (κ2) is 9.88. The number of hydrogen-bond acceptors (Lipinski definition) is 0. The molecule has 0 saturated carbocycles. The summed E-state index contributed by atoms with van der Waals surface area (Å²) in [6.07, 6.45) is 3.60. The lowest BCUT2D eigenvalue weighted by Gasteiger charge is -2.29. The van der Waals surface area contributed by atoms with Crippen molar-refractivity contribution in [2.24, 2.45) is 0 Å². The van der Waals surface area contributed by atoms with Gasteiger partial charge in [-0.1, -0.05) is 137 Å². The normalized spacial score (nSPS) is 12.4. The van der Waals surface area contributed by atoms with Crippen LogP contribution in [0.3, 0.4) is 0 Å². The van der Waals surface area contributed by atoms with E-state index in [-0.39, 0.29) is 0 Å². The predicted molar refractivity (Wildman–Crippen MR) is 128 cm³/mol. The highest BCUT2D eigenvalue weighted by molar-refractivity contribution is 6.92. The smallest absolute Gasteiger partial charge is 0.0675 e. The highest BCUT2D eigenvalue weighted by Gasteiger charge is 2.29. The van der Waals surface area contributed by atoms with Gasteiger partial charge in [0.2, 0.25) is 0 Å². The Balaban J connectivity index is 2.16. The highest BCUT2D eigenvalue weighted by atomic mass is 28.3. The lowest BCUT2D eigenvalue weighted by atomic mass is 10.1. The van der Waals surface area contributed by atoms with Crippen LogP contribution < -0.4 is 10.4 Å². The van der Waals surface area contributed by atoms with Crippen LogP contribution in [0.15, 0.2) is 48.5 Å². The van der Waals surface area contributed by atoms with Crippen molar-refractivity contribution >= 4 is 26.5 Å². The largest absolute Gasteiger partial charge is 0.0859 e. The van der Waals surface area contributed by atoms with E-state index >= 15 is 0 Å². The first-order valence-corrected chi connectivity index (χ1v) is 16.2. The highest BCUT2D eigenvalue weighted by Crippen LogP contribution is 2.22. The van der Waals surface area contributed by atoms with Crippen molar-refractivity contribution in [2.45, 2.75) is 77.8 Å². The Kier molecular flexibility index (Phi) is 8.11. The molecule has 0 fully saturated rings. The van der Waals surface area contributed by atoms with Gasteiger partial charge in [0.25, 0.3) is 0 Å². The maximum Gasteiger partial charge on any atom is 0.0859 e. The summed E-state index contributed by atoms with van der Waals surface area (Å²) in [5.74, 6) is 0. The lowest BCUT2D eigenvalue weighted by molar-refractivity contribution is 1.19. The Morgan fingerprint density at radius 1 is 0.481 bits per heavy atom. The molecule has 0 atom stereocenters. The zero-order valence-electron chi connectivity index (χ0n) is 18.4. The van der Waals surface area contributed by atoms with Crippen LogP contribution >= 0.6 is 0 Å². The molecular weight excluding hydrogens is 356 g/mol. The fraction of sp³-hybridized carbons (Fsp3) is 0.480. The van der Waals surface area contributed by atoms with Crippen molar-refractivity contribution in [2.75, 3.05) is 0 Å². The van der Waals surface area contributed by atoms with E-state index in [1.54, 1.807) is 10.4 Å². The maximum atomic E-state index is 3.60. The molecule has 0 N–H and O–H groups in total. The lowest BCUT2D eigenvalue weighted by Crippen LogP contribution is -2.45. The first kappa shape index (κ1) is 22.2. The van der Waals surface area contributed by atoms with Crippen molar-refractivity contribution in [3.63, 3.8) is 0 Å². The topological polar surface area (TPSA) is 0 Å². The molecule has 0 unspecified atom stereocenters. The second-order valence-electron chi connectivity index (χ2n) is 7.96. The van der Waals surface area contributed by atoms with Gasteiger partial charge in [-0.05, 0) is 11.1 Å². The Bertz CT molecular complexity index is 599. The molecule has 2 rings (SSSR count). The minimum atomic E-state index is -1.27. The first-order chi connectivity index (χ1) is 13.0. The molecular formula is C25H38Si2. The van der Waals surface area contributed by atoms with Gasteiger partial charge in [0.05, 0.1) is 22.6 Å². The molecule has 0 aliphatic rings. The van der Waals surface area contributed by atoms with Crippen LogP contribution in [0, 0.1) is 6.42 Å². The molecule has 2 radical (unpaired) electrons. The molecule has 0 spiro atoms. The van der Waals surface area contributed by atoms with Gasteiger partial charge in [-0.15, -0.1) is 0 Å². The fourth-order valence-corrected chi connectivity index (χ4v) is 11.9. The van der Waals surface area contributed by atoms with Gasteiger partial charge < -0.3 is 0 Å². The quantitative estimate of drug-likeness (QED) is 0.398. The molecule has 0 aliphatic heterocycles. The maximum absolute atomic E-state index is 3.60. The van der Waals surface area contributed by atoms with E-state index in [2.05, 4.69) is 96.5 Å². The average Bonchev–Trinajstić information content (AvgIpc) is 2.74. The average molecular weight is 395 g/mol. The van der Waals surface area contributed by atoms with Gasteiger partial charge in [0, 0.05) is 0 Å². The van der Waals surface area contributed by atoms with Crippen molar-refractivity contribution in [1.29, 1.82) is 0 Å². The van der Waals surface area contributed by atoms with E-state index < -0.39 is 16.1 Å². The van der Waals surface area contributed by atoms with Crippen LogP contribution in [0.25, 0.3) is 0 Å². The molecule has 146 valence electrons. The van der Waals surface area contributed by atoms with E-state index in [1.807, 2.05) is 0 Å². The Morgan fingerprint density at radius 3 is 0.963 bits per heavy atom. The van der Waals surface area contributed by atoms with Crippen LogP contribution in [0.2, 0.25) is 36.3 Å².